The molecule has 0 aliphatic carbocycles. The van der Waals surface area contributed by atoms with Crippen LogP contribution < -0.4 is 15.5 Å². The number of carbonyl (C=O) groups is 3. The van der Waals surface area contributed by atoms with Gasteiger partial charge in [0.2, 0.25) is 0 Å². The third-order valence-electron chi connectivity index (χ3n) is 6.47. The number of aromatic nitrogens is 2. The molecule has 3 N–H and O–H groups in total. The van der Waals surface area contributed by atoms with E-state index in [2.05, 4.69) is 25.1 Å². The van der Waals surface area contributed by atoms with Gasteiger partial charge in [-0.2, -0.15) is 0 Å². The predicted molar refractivity (Wildman–Crippen MR) is 145 cm³/mol. The Hall–Kier alpha value is -3.83. The Kier molecular flexibility index (Phi) is 8.38. The normalized spacial score (nSPS) is 18.1. The highest BCUT2D eigenvalue weighted by Crippen LogP contribution is 2.33. The van der Waals surface area contributed by atoms with E-state index in [1.165, 1.54) is 0 Å². The van der Waals surface area contributed by atoms with E-state index in [0.717, 1.165) is 22.8 Å². The van der Waals surface area contributed by atoms with Gasteiger partial charge in [0.25, 0.3) is 11.8 Å². The first-order chi connectivity index (χ1) is 18.1. The van der Waals surface area contributed by atoms with Crippen LogP contribution in [-0.4, -0.2) is 57.8 Å². The van der Waals surface area contributed by atoms with E-state index in [0.29, 0.717) is 40.6 Å². The number of nitrogens with one attached hydrogen (secondary N) is 2. The smallest absolute Gasteiger partial charge is 0.305 e. The topological polar surface area (TPSA) is 134 Å². The number of hydrogen-bond donors (Lipinski definition) is 3. The lowest BCUT2D eigenvalue weighted by atomic mass is 10.0. The van der Waals surface area contributed by atoms with Crippen molar-refractivity contribution in [1.82, 2.24) is 14.9 Å². The number of anilines is 2. The van der Waals surface area contributed by atoms with E-state index in [4.69, 9.17) is 4.74 Å². The number of amides is 2. The van der Waals surface area contributed by atoms with Crippen LogP contribution in [0.3, 0.4) is 0 Å². The number of rotatable bonds is 8. The molecule has 4 rings (SSSR count). The fraction of sp³-hybridized carbons (Fsp3) is 0.370. The fourth-order valence-corrected chi connectivity index (χ4v) is 5.12. The minimum absolute atomic E-state index is 0.0439. The summed E-state index contributed by atoms with van der Waals surface area (Å²) in [6.07, 6.45) is -0.267. The number of carboxylic acids is 1. The van der Waals surface area contributed by atoms with Gasteiger partial charge < -0.3 is 25.4 Å². The van der Waals surface area contributed by atoms with E-state index < -0.39 is 17.9 Å². The van der Waals surface area contributed by atoms with Crippen LogP contribution in [0, 0.1) is 13.8 Å². The van der Waals surface area contributed by atoms with E-state index >= 15 is 0 Å². The minimum Gasteiger partial charge on any atom is -0.481 e. The Balaban J connectivity index is 1.67. The molecule has 0 spiro atoms. The summed E-state index contributed by atoms with van der Waals surface area (Å²) >= 11 is 1.00. The maximum atomic E-state index is 13.3. The molecule has 1 fully saturated rings. The van der Waals surface area contributed by atoms with Crippen molar-refractivity contribution in [2.24, 2.45) is 0 Å². The van der Waals surface area contributed by atoms with Crippen molar-refractivity contribution in [1.29, 1.82) is 0 Å². The molecule has 38 heavy (non-hydrogen) atoms. The van der Waals surface area contributed by atoms with Crippen LogP contribution in [0.5, 0.6) is 0 Å². The zero-order valence-corrected chi connectivity index (χ0v) is 22.5. The first-order valence-corrected chi connectivity index (χ1v) is 13.1. The second-order valence-corrected chi connectivity index (χ2v) is 10.3. The standard InChI is InChI=1S/C27H31N5O5S/c1-15-5-7-19(8-6-15)21(12-24(33)34)28-26(35)20-9-10-23(32-16(2)13-37-14-17(32)3)22(11-20)29-27(36)25-18(4)30-31-38-25/h5-11,16-17,21H,12-14H2,1-4H3,(H,28,35)(H,29,36)(H,33,34). The Morgan fingerprint density at radius 2 is 1.76 bits per heavy atom. The molecule has 2 heterocycles. The Morgan fingerprint density at radius 3 is 2.37 bits per heavy atom. The van der Waals surface area contributed by atoms with Gasteiger partial charge in [-0.05, 0) is 63.0 Å². The number of carbonyl (C=O) groups excluding carboxylic acids is 2. The lowest BCUT2D eigenvalue weighted by molar-refractivity contribution is -0.137. The highest BCUT2D eigenvalue weighted by Gasteiger charge is 2.29. The number of nitrogens with zero attached hydrogens (tertiary/aromatic N) is 3. The molecule has 0 bridgehead atoms. The zero-order valence-electron chi connectivity index (χ0n) is 21.7. The fourth-order valence-electron chi connectivity index (χ4n) is 4.57. The van der Waals surface area contributed by atoms with Crippen molar-refractivity contribution in [3.63, 3.8) is 0 Å². The van der Waals surface area contributed by atoms with Crippen molar-refractivity contribution in [3.8, 4) is 0 Å². The van der Waals surface area contributed by atoms with Crippen LogP contribution in [0.1, 0.15) is 63.2 Å². The van der Waals surface area contributed by atoms with Crippen LogP contribution >= 0.6 is 11.5 Å². The molecule has 1 aliphatic heterocycles. The van der Waals surface area contributed by atoms with Gasteiger partial charge in [-0.15, -0.1) is 5.10 Å². The molecule has 2 aromatic carbocycles. The summed E-state index contributed by atoms with van der Waals surface area (Å²) in [5.41, 5.74) is 3.75. The second-order valence-electron chi connectivity index (χ2n) is 9.55. The summed E-state index contributed by atoms with van der Waals surface area (Å²) in [7, 11) is 0. The molecule has 1 saturated heterocycles. The summed E-state index contributed by atoms with van der Waals surface area (Å²) in [6.45, 7) is 8.79. The van der Waals surface area contributed by atoms with Gasteiger partial charge in [0.05, 0.1) is 42.7 Å². The number of carboxylic acid groups (broad SMARTS) is 1. The molecule has 3 aromatic rings. The van der Waals surface area contributed by atoms with Gasteiger partial charge in [0.1, 0.15) is 4.88 Å². The number of hydrogen-bond acceptors (Lipinski definition) is 8. The van der Waals surface area contributed by atoms with Crippen molar-refractivity contribution in [2.75, 3.05) is 23.4 Å². The number of benzene rings is 2. The molecule has 0 radical (unpaired) electrons. The molecule has 11 heteroatoms. The maximum absolute atomic E-state index is 13.3. The minimum atomic E-state index is -1.02. The Labute approximate surface area is 225 Å². The predicted octanol–water partition coefficient (Wildman–Crippen LogP) is 3.97. The van der Waals surface area contributed by atoms with Crippen molar-refractivity contribution in [3.05, 3.63) is 69.7 Å². The van der Waals surface area contributed by atoms with Crippen LogP contribution in [0.4, 0.5) is 11.4 Å². The molecule has 10 nitrogen and oxygen atoms in total. The summed E-state index contributed by atoms with van der Waals surface area (Å²) in [6, 6.07) is 11.8. The largest absolute Gasteiger partial charge is 0.481 e. The number of morpholine rings is 1. The van der Waals surface area contributed by atoms with E-state index in [1.54, 1.807) is 25.1 Å². The molecule has 1 aromatic heterocycles. The monoisotopic (exact) mass is 537 g/mol. The second kappa shape index (κ2) is 11.7. The Bertz CT molecular complexity index is 1320. The van der Waals surface area contributed by atoms with Gasteiger partial charge in [-0.3, -0.25) is 14.4 Å². The molecule has 200 valence electrons. The van der Waals surface area contributed by atoms with Gasteiger partial charge in [0, 0.05) is 17.6 Å². The summed E-state index contributed by atoms with van der Waals surface area (Å²) < 4.78 is 9.52. The third kappa shape index (κ3) is 6.17. The van der Waals surface area contributed by atoms with Gasteiger partial charge in [-0.25, -0.2) is 0 Å². The SMILES string of the molecule is Cc1ccc(C(CC(=O)O)NC(=O)c2ccc(N3C(C)COCC3C)c(NC(=O)c3snnc3C)c2)cc1. The third-order valence-corrected chi connectivity index (χ3v) is 7.30. The lowest BCUT2D eigenvalue weighted by Crippen LogP contribution is -2.50. The highest BCUT2D eigenvalue weighted by atomic mass is 32.1. The molecule has 2 amide bonds. The summed E-state index contributed by atoms with van der Waals surface area (Å²) in [5.74, 6) is -1.84. The molecular formula is C27H31N5O5S. The van der Waals surface area contributed by atoms with Crippen molar-refractivity contribution in [2.45, 2.75) is 52.2 Å². The Morgan fingerprint density at radius 1 is 1.08 bits per heavy atom. The lowest BCUT2D eigenvalue weighted by Gasteiger charge is -2.41. The van der Waals surface area contributed by atoms with E-state index in [1.807, 2.05) is 45.0 Å². The zero-order chi connectivity index (χ0) is 27.4. The van der Waals surface area contributed by atoms with Crippen molar-refractivity contribution < 1.29 is 24.2 Å². The van der Waals surface area contributed by atoms with Crippen LogP contribution in [0.2, 0.25) is 0 Å². The molecule has 0 saturated carbocycles. The maximum Gasteiger partial charge on any atom is 0.305 e. The highest BCUT2D eigenvalue weighted by molar-refractivity contribution is 7.08. The van der Waals surface area contributed by atoms with Crippen LogP contribution in [0.25, 0.3) is 0 Å². The average molecular weight is 538 g/mol. The number of aliphatic carboxylic acids is 1. The van der Waals surface area contributed by atoms with Gasteiger partial charge >= 0.3 is 5.97 Å². The quantitative estimate of drug-likeness (QED) is 0.393. The summed E-state index contributed by atoms with van der Waals surface area (Å²) in [5, 5.41) is 19.2. The molecule has 1 aliphatic rings. The van der Waals surface area contributed by atoms with E-state index in [9.17, 15) is 19.5 Å². The van der Waals surface area contributed by atoms with Gasteiger partial charge in [-0.1, -0.05) is 34.3 Å². The van der Waals surface area contributed by atoms with Crippen LogP contribution in [-0.2, 0) is 9.53 Å². The average Bonchev–Trinajstić information content (AvgIpc) is 3.30. The molecule has 3 atom stereocenters. The summed E-state index contributed by atoms with van der Waals surface area (Å²) in [4.78, 5) is 40.5. The van der Waals surface area contributed by atoms with Crippen molar-refractivity contribution >= 4 is 40.7 Å². The molecule has 3 unspecified atom stereocenters. The van der Waals surface area contributed by atoms with E-state index in [-0.39, 0.29) is 24.4 Å². The first-order valence-electron chi connectivity index (χ1n) is 12.3. The first kappa shape index (κ1) is 27.2. The van der Waals surface area contributed by atoms with Crippen LogP contribution in [0.15, 0.2) is 42.5 Å². The van der Waals surface area contributed by atoms with Gasteiger partial charge in [0.15, 0.2) is 0 Å². The number of ether oxygens (including phenoxy) is 1. The molecular weight excluding hydrogens is 506 g/mol. The number of aryl methyl sites for hydroxylation is 2.